The second kappa shape index (κ2) is 46.3. The van der Waals surface area contributed by atoms with E-state index in [1.165, 1.54) is 106 Å². The number of rotatable bonds is 2. The maximum absolute atomic E-state index is 12.4. The lowest BCUT2D eigenvalue weighted by Gasteiger charge is -2.18. The number of benzene rings is 10. The smallest absolute Gasteiger partial charge is 0.200 e. The van der Waals surface area contributed by atoms with Crippen LogP contribution >= 0.6 is 11.3 Å². The largest absolute Gasteiger partial charge is 0.338 e. The molecule has 3 heterocycles. The third kappa shape index (κ3) is 32.3. The Morgan fingerprint density at radius 3 is 1.16 bits per heavy atom. The number of nitrogens with zero attached hydrogens (tertiary/aromatic N) is 3. The van der Waals surface area contributed by atoms with E-state index in [4.69, 9.17) is 0 Å². The van der Waals surface area contributed by atoms with E-state index in [2.05, 4.69) is 308 Å². The fourth-order valence-electron chi connectivity index (χ4n) is 8.58. The van der Waals surface area contributed by atoms with Gasteiger partial charge in [-0.05, 0) is 188 Å². The van der Waals surface area contributed by atoms with Crippen LogP contribution in [-0.4, -0.2) is 14.5 Å². The van der Waals surface area contributed by atoms with Crippen LogP contribution in [-0.2, 0) is 7.05 Å². The average molecular weight is 1370 g/mol. The van der Waals surface area contributed by atoms with E-state index in [-0.39, 0.29) is 0 Å². The van der Waals surface area contributed by atoms with Gasteiger partial charge in [-0.1, -0.05) is 294 Å². The molecule has 0 unspecified atom stereocenters. The molecular weight excluding hydrogens is 1260 g/mol. The van der Waals surface area contributed by atoms with Crippen LogP contribution in [0.4, 0.5) is 22.0 Å². The van der Waals surface area contributed by atoms with Crippen molar-refractivity contribution in [2.75, 3.05) is 0 Å². The van der Waals surface area contributed by atoms with E-state index in [9.17, 15) is 22.0 Å². The van der Waals surface area contributed by atoms with Gasteiger partial charge in [0.05, 0.1) is 0 Å². The number of aromatic nitrogens is 3. The molecule has 0 aliphatic heterocycles. The van der Waals surface area contributed by atoms with E-state index >= 15 is 0 Å². The topological polar surface area (TPSA) is 30.7 Å². The molecule has 0 amide bonds. The van der Waals surface area contributed by atoms with Crippen molar-refractivity contribution in [2.45, 2.75) is 165 Å². The van der Waals surface area contributed by atoms with Gasteiger partial charge < -0.3 is 4.57 Å². The van der Waals surface area contributed by atoms with Crippen LogP contribution in [0, 0.1) is 116 Å². The van der Waals surface area contributed by atoms with E-state index in [0.29, 0.717) is 10.8 Å². The second-order valence-corrected chi connectivity index (χ2v) is 27.2. The Labute approximate surface area is 602 Å². The Kier molecular flexibility index (Phi) is 40.3. The molecule has 3 aromatic heterocycles. The van der Waals surface area contributed by atoms with Crippen molar-refractivity contribution in [3.8, 4) is 0 Å². The summed E-state index contributed by atoms with van der Waals surface area (Å²) in [6.07, 6.45) is 9.36. The van der Waals surface area contributed by atoms with Crippen molar-refractivity contribution >= 4 is 54.4 Å². The zero-order chi connectivity index (χ0) is 75.0. The van der Waals surface area contributed by atoms with Crippen molar-refractivity contribution in [3.05, 3.63) is 332 Å². The molecule has 532 valence electrons. The molecule has 0 bridgehead atoms. The van der Waals surface area contributed by atoms with Crippen molar-refractivity contribution in [3.63, 3.8) is 0 Å². The van der Waals surface area contributed by atoms with Crippen molar-refractivity contribution in [1.29, 1.82) is 0 Å². The standard InChI is InChI=1S/C15H12.2C11H10.C9H12.C7H3F5.C7H8.C7H16.C6H7N.C6H14.C5H8N2.C5H6S.C2H6/c1-11-14-8-4-2-6-12(14)10-13-7-3-5-9-15(11)13;1-9-5-4-7-10-6-2-3-8-11(9)10;1-9-6-7-10-4-2-3-5-11(10)8-9;1-7-5-4-6-8(2)9(7)3;1-2-3(8)5(10)7(12)6(11)4(2)9;1-7-5-3-2-4-6-7;1-5-7(3,4)6-2;1-6-4-2-3-5-7-6;1-5-6(2,3)4;1-5-6-3-4-7(5)2;1-5-3-2-4-6-5;1-2/h2-10H,1H3;2*2-8H,1H3;4-6H,1-3H3;1H3;2-6H,1H3;5-6H2,1-4H3;2-5H,1H3;5H2,1-4H3;3-4H,1-2H3;2-4H,1H3;1-2H3. The van der Waals surface area contributed by atoms with Crippen LogP contribution in [0.3, 0.4) is 0 Å². The minimum atomic E-state index is -2.13. The minimum Gasteiger partial charge on any atom is -0.338 e. The fourth-order valence-corrected chi connectivity index (χ4v) is 9.11. The molecule has 0 spiro atoms. The number of thiophene rings is 1. The Hall–Kier alpha value is -9.05. The van der Waals surface area contributed by atoms with Gasteiger partial charge in [-0.15, -0.1) is 11.3 Å². The van der Waals surface area contributed by atoms with Gasteiger partial charge in [0.15, 0.2) is 23.3 Å². The summed E-state index contributed by atoms with van der Waals surface area (Å²) in [5.74, 6) is -8.47. The molecule has 0 aliphatic carbocycles. The van der Waals surface area contributed by atoms with Gasteiger partial charge in [-0.3, -0.25) is 4.98 Å². The molecule has 13 rings (SSSR count). The Morgan fingerprint density at radius 2 is 0.800 bits per heavy atom. The van der Waals surface area contributed by atoms with Crippen molar-refractivity contribution in [1.82, 2.24) is 14.5 Å². The van der Waals surface area contributed by atoms with Gasteiger partial charge in [-0.2, -0.15) is 0 Å². The first-order valence-corrected chi connectivity index (χ1v) is 35.4. The molecular formula is C91H112F5N3S. The Morgan fingerprint density at radius 1 is 0.360 bits per heavy atom. The maximum atomic E-state index is 12.4. The summed E-state index contributed by atoms with van der Waals surface area (Å²) in [4.78, 5) is 9.34. The first-order chi connectivity index (χ1) is 47.4. The molecule has 0 saturated heterocycles. The third-order valence-electron chi connectivity index (χ3n) is 16.7. The highest BCUT2D eigenvalue weighted by atomic mass is 32.1. The summed E-state index contributed by atoms with van der Waals surface area (Å²) in [5.41, 5.74) is 10.9. The summed E-state index contributed by atoms with van der Waals surface area (Å²) < 4.78 is 63.5. The van der Waals surface area contributed by atoms with Crippen LogP contribution in [0.15, 0.2) is 242 Å². The number of hydrogen-bond donors (Lipinski definition) is 0. The van der Waals surface area contributed by atoms with Gasteiger partial charge in [-0.25, -0.2) is 26.9 Å². The van der Waals surface area contributed by atoms with Gasteiger partial charge in [0.1, 0.15) is 5.82 Å². The van der Waals surface area contributed by atoms with E-state index in [1.807, 2.05) is 81.9 Å². The number of hydrogen-bond acceptors (Lipinski definition) is 3. The highest BCUT2D eigenvalue weighted by Crippen LogP contribution is 2.28. The molecule has 3 nitrogen and oxygen atoms in total. The summed E-state index contributed by atoms with van der Waals surface area (Å²) in [5, 5.41) is 12.8. The fraction of sp³-hybridized carbons (Fsp3) is 0.297. The van der Waals surface area contributed by atoms with Crippen molar-refractivity contribution < 1.29 is 22.0 Å². The monoisotopic (exact) mass is 1370 g/mol. The lowest BCUT2D eigenvalue weighted by Crippen LogP contribution is -2.05. The molecule has 0 aliphatic rings. The van der Waals surface area contributed by atoms with E-state index in [1.54, 1.807) is 23.7 Å². The first-order valence-electron chi connectivity index (χ1n) is 34.6. The van der Waals surface area contributed by atoms with Crippen LogP contribution in [0.1, 0.15) is 149 Å². The number of fused-ring (bicyclic) bond motifs is 4. The molecule has 0 N–H and O–H groups in total. The highest BCUT2D eigenvalue weighted by molar-refractivity contribution is 7.09. The molecule has 0 atom stereocenters. The quantitative estimate of drug-likeness (QED) is 0.0747. The van der Waals surface area contributed by atoms with Crippen LogP contribution < -0.4 is 0 Å². The predicted molar refractivity (Wildman–Crippen MR) is 428 cm³/mol. The van der Waals surface area contributed by atoms with Crippen LogP contribution in [0.5, 0.6) is 0 Å². The Bertz CT molecular complexity index is 4130. The number of halogens is 5. The summed E-state index contributed by atoms with van der Waals surface area (Å²) in [6.45, 7) is 43.9. The zero-order valence-electron chi connectivity index (χ0n) is 63.9. The van der Waals surface area contributed by atoms with Crippen LogP contribution in [0.2, 0.25) is 0 Å². The summed E-state index contributed by atoms with van der Waals surface area (Å²) in [7, 11) is 1.97. The molecule has 10 aromatic carbocycles. The normalized spacial score (nSPS) is 10.1. The number of imidazole rings is 1. The molecule has 100 heavy (non-hydrogen) atoms. The lowest BCUT2D eigenvalue weighted by molar-refractivity contribution is 0.338. The molecule has 0 radical (unpaired) electrons. The predicted octanol–water partition coefficient (Wildman–Crippen LogP) is 28.4. The minimum absolute atomic E-state index is 0.542. The van der Waals surface area contributed by atoms with Gasteiger partial charge in [0, 0.05) is 41.8 Å². The molecule has 0 saturated carbocycles. The maximum Gasteiger partial charge on any atom is 0.200 e. The van der Waals surface area contributed by atoms with Crippen LogP contribution in [0.25, 0.3) is 43.1 Å². The number of aryl methyl sites for hydroxylation is 10. The third-order valence-corrected chi connectivity index (χ3v) is 17.5. The Balaban J connectivity index is 0.000000378. The van der Waals surface area contributed by atoms with E-state index < -0.39 is 34.6 Å². The molecule has 13 aromatic rings. The number of pyridine rings is 1. The van der Waals surface area contributed by atoms with Gasteiger partial charge in [0.2, 0.25) is 5.82 Å². The van der Waals surface area contributed by atoms with Gasteiger partial charge >= 0.3 is 0 Å². The van der Waals surface area contributed by atoms with Crippen molar-refractivity contribution in [2.24, 2.45) is 17.9 Å². The molecule has 9 heteroatoms. The summed E-state index contributed by atoms with van der Waals surface area (Å²) in [6, 6.07) is 75.8. The van der Waals surface area contributed by atoms with Gasteiger partial charge in [0.25, 0.3) is 0 Å². The highest BCUT2D eigenvalue weighted by Gasteiger charge is 2.22. The summed E-state index contributed by atoms with van der Waals surface area (Å²) >= 11 is 1.78. The zero-order valence-corrected chi connectivity index (χ0v) is 64.7. The first kappa shape index (κ1) is 87.0. The SMILES string of the molecule is CC.CCC(C)(C)C.CCC(C)(C)CC.Cc1c(F)c(F)c(F)c(F)c1F.Cc1c2ccccc2cc2ccccc12.Cc1ccc2ccccc2c1.Cc1cccc(C)c1C.Cc1cccc2ccccc12.Cc1ccccc1.Cc1ccccn1.Cc1cccs1.Cc1nccn1C. The average Bonchev–Trinajstić information content (AvgIpc) is 0.817. The molecule has 0 fully saturated rings. The van der Waals surface area contributed by atoms with E-state index in [0.717, 1.165) is 18.4 Å². The lowest BCUT2D eigenvalue weighted by atomic mass is 9.88. The second-order valence-electron chi connectivity index (χ2n) is 26.0.